The summed E-state index contributed by atoms with van der Waals surface area (Å²) in [7, 11) is 0. The smallest absolute Gasteiger partial charge is 0.185 e. The number of hydrogen-bond acceptors (Lipinski definition) is 4. The largest absolute Gasteiger partial charge is 0.346 e. The molecule has 1 aromatic heterocycles. The van der Waals surface area contributed by atoms with Gasteiger partial charge in [0.2, 0.25) is 0 Å². The lowest BCUT2D eigenvalue weighted by atomic mass is 10.2. The van der Waals surface area contributed by atoms with Crippen LogP contribution in [-0.4, -0.2) is 17.6 Å². The monoisotopic (exact) mass is 213 g/mol. The van der Waals surface area contributed by atoms with Crippen LogP contribution in [0.5, 0.6) is 0 Å². The van der Waals surface area contributed by atoms with Gasteiger partial charge in [-0.15, -0.1) is 11.3 Å². The molecule has 0 fully saturated rings. The molecule has 4 heteroatoms. The van der Waals surface area contributed by atoms with E-state index >= 15 is 0 Å². The molecule has 0 aliphatic carbocycles. The predicted octanol–water partition coefficient (Wildman–Crippen LogP) is 2.23. The summed E-state index contributed by atoms with van der Waals surface area (Å²) >= 11 is 1.70. The molecule has 0 aromatic carbocycles. The summed E-state index contributed by atoms with van der Waals surface area (Å²) in [5.74, 6) is 0. The van der Waals surface area contributed by atoms with Gasteiger partial charge in [0.25, 0.3) is 0 Å². The van der Waals surface area contributed by atoms with Gasteiger partial charge in [0.05, 0.1) is 0 Å². The highest BCUT2D eigenvalue weighted by atomic mass is 32.1. The van der Waals surface area contributed by atoms with Crippen LogP contribution in [0, 0.1) is 0 Å². The summed E-state index contributed by atoms with van der Waals surface area (Å²) < 4.78 is 0. The fourth-order valence-corrected chi connectivity index (χ4v) is 2.34. The van der Waals surface area contributed by atoms with Crippen LogP contribution in [0.25, 0.3) is 0 Å². The third-order valence-electron chi connectivity index (χ3n) is 2.45. The molecule has 1 aromatic rings. The second-order valence-electron chi connectivity index (χ2n) is 3.36. The Balaban J connectivity index is 2.78. The van der Waals surface area contributed by atoms with E-state index in [4.69, 9.17) is 5.73 Å². The molecule has 0 radical (unpaired) electrons. The van der Waals surface area contributed by atoms with Gasteiger partial charge in [0.1, 0.15) is 0 Å². The highest BCUT2D eigenvalue weighted by Gasteiger charge is 2.13. The van der Waals surface area contributed by atoms with Crippen LogP contribution in [0.1, 0.15) is 32.1 Å². The summed E-state index contributed by atoms with van der Waals surface area (Å²) in [5.41, 5.74) is 5.57. The Labute approximate surface area is 89.9 Å². The molecule has 1 rings (SSSR count). The van der Waals surface area contributed by atoms with E-state index in [9.17, 15) is 0 Å². The lowest BCUT2D eigenvalue weighted by Gasteiger charge is -2.26. The molecule has 0 amide bonds. The van der Waals surface area contributed by atoms with Gasteiger partial charge in [-0.25, -0.2) is 4.98 Å². The second kappa shape index (κ2) is 5.32. The Morgan fingerprint density at radius 3 is 2.71 bits per heavy atom. The fourth-order valence-electron chi connectivity index (χ4n) is 1.38. The average Bonchev–Trinajstić information content (AvgIpc) is 2.67. The first-order valence-corrected chi connectivity index (χ1v) is 5.95. The molecular weight excluding hydrogens is 194 g/mol. The quantitative estimate of drug-likeness (QED) is 0.815. The molecule has 1 heterocycles. The molecule has 0 saturated carbocycles. The minimum atomic E-state index is 0.553. The first-order valence-electron chi connectivity index (χ1n) is 5.14. The van der Waals surface area contributed by atoms with E-state index in [-0.39, 0.29) is 0 Å². The lowest BCUT2D eigenvalue weighted by molar-refractivity contribution is 0.628. The van der Waals surface area contributed by atoms with E-state index in [1.54, 1.807) is 11.3 Å². The summed E-state index contributed by atoms with van der Waals surface area (Å²) in [5, 5.41) is 1.10. The molecule has 0 spiro atoms. The number of nitrogens with two attached hydrogens (primary N) is 1. The minimum Gasteiger partial charge on any atom is -0.346 e. The molecule has 0 aliphatic rings. The Kier molecular flexibility index (Phi) is 4.35. The van der Waals surface area contributed by atoms with Crippen molar-refractivity contribution in [3.63, 3.8) is 0 Å². The van der Waals surface area contributed by atoms with Crippen LogP contribution in [0.2, 0.25) is 0 Å². The Morgan fingerprint density at radius 2 is 2.29 bits per heavy atom. The van der Waals surface area contributed by atoms with E-state index < -0.39 is 0 Å². The SMILES string of the molecule is CCC(C)N(CC)c1ncc(CN)s1. The molecule has 14 heavy (non-hydrogen) atoms. The number of aromatic nitrogens is 1. The summed E-state index contributed by atoms with van der Waals surface area (Å²) in [6.45, 7) is 8.19. The maximum Gasteiger partial charge on any atom is 0.185 e. The van der Waals surface area contributed by atoms with Crippen molar-refractivity contribution in [3.05, 3.63) is 11.1 Å². The van der Waals surface area contributed by atoms with E-state index in [0.717, 1.165) is 23.0 Å². The molecule has 1 atom stereocenters. The van der Waals surface area contributed by atoms with Crippen LogP contribution in [-0.2, 0) is 6.54 Å². The Hall–Kier alpha value is -0.610. The highest BCUT2D eigenvalue weighted by Crippen LogP contribution is 2.24. The number of nitrogens with zero attached hydrogens (tertiary/aromatic N) is 2. The first kappa shape index (κ1) is 11.5. The Morgan fingerprint density at radius 1 is 1.57 bits per heavy atom. The van der Waals surface area contributed by atoms with E-state index in [2.05, 4.69) is 30.7 Å². The zero-order valence-corrected chi connectivity index (χ0v) is 9.97. The predicted molar refractivity (Wildman–Crippen MR) is 62.8 cm³/mol. The highest BCUT2D eigenvalue weighted by molar-refractivity contribution is 7.15. The third-order valence-corrected chi connectivity index (χ3v) is 3.51. The van der Waals surface area contributed by atoms with Crippen molar-refractivity contribution < 1.29 is 0 Å². The third kappa shape index (κ3) is 2.45. The summed E-state index contributed by atoms with van der Waals surface area (Å²) in [4.78, 5) is 7.87. The molecule has 80 valence electrons. The van der Waals surface area contributed by atoms with Gasteiger partial charge in [0.15, 0.2) is 5.13 Å². The van der Waals surface area contributed by atoms with Crippen LogP contribution >= 0.6 is 11.3 Å². The standard InChI is InChI=1S/C10H19N3S/c1-4-8(3)13(5-2)10-12-7-9(6-11)14-10/h7-8H,4-6,11H2,1-3H3. The van der Waals surface area contributed by atoms with Gasteiger partial charge in [-0.3, -0.25) is 0 Å². The molecular formula is C10H19N3S. The van der Waals surface area contributed by atoms with E-state index in [0.29, 0.717) is 12.6 Å². The zero-order valence-electron chi connectivity index (χ0n) is 9.16. The van der Waals surface area contributed by atoms with E-state index in [1.165, 1.54) is 0 Å². The topological polar surface area (TPSA) is 42.2 Å². The number of anilines is 1. The first-order chi connectivity index (χ1) is 6.72. The average molecular weight is 213 g/mol. The van der Waals surface area contributed by atoms with Crippen LogP contribution in [0.3, 0.4) is 0 Å². The van der Waals surface area contributed by atoms with Crippen molar-refractivity contribution in [2.45, 2.75) is 39.8 Å². The van der Waals surface area contributed by atoms with Crippen LogP contribution in [0.4, 0.5) is 5.13 Å². The molecule has 1 unspecified atom stereocenters. The van der Waals surface area contributed by atoms with Crippen LogP contribution in [0.15, 0.2) is 6.20 Å². The minimum absolute atomic E-state index is 0.553. The summed E-state index contributed by atoms with van der Waals surface area (Å²) in [6.07, 6.45) is 3.02. The van der Waals surface area contributed by atoms with Crippen molar-refractivity contribution in [2.24, 2.45) is 5.73 Å². The lowest BCUT2D eigenvalue weighted by Crippen LogP contribution is -2.32. The number of rotatable bonds is 5. The van der Waals surface area contributed by atoms with Gasteiger partial charge < -0.3 is 10.6 Å². The normalized spacial score (nSPS) is 12.9. The van der Waals surface area contributed by atoms with Gasteiger partial charge in [-0.05, 0) is 20.3 Å². The van der Waals surface area contributed by atoms with Gasteiger partial charge >= 0.3 is 0 Å². The van der Waals surface area contributed by atoms with Crippen molar-refractivity contribution in [2.75, 3.05) is 11.4 Å². The van der Waals surface area contributed by atoms with Gasteiger partial charge in [0, 0.05) is 30.2 Å². The molecule has 3 nitrogen and oxygen atoms in total. The Bertz CT molecular complexity index is 272. The van der Waals surface area contributed by atoms with Crippen molar-refractivity contribution in [1.82, 2.24) is 4.98 Å². The van der Waals surface area contributed by atoms with Crippen molar-refractivity contribution >= 4 is 16.5 Å². The van der Waals surface area contributed by atoms with Crippen molar-refractivity contribution in [1.29, 1.82) is 0 Å². The number of hydrogen-bond donors (Lipinski definition) is 1. The molecule has 0 bridgehead atoms. The van der Waals surface area contributed by atoms with Crippen molar-refractivity contribution in [3.8, 4) is 0 Å². The molecule has 0 saturated heterocycles. The summed E-state index contributed by atoms with van der Waals surface area (Å²) in [6, 6.07) is 0.553. The number of thiazole rings is 1. The fraction of sp³-hybridized carbons (Fsp3) is 0.700. The van der Waals surface area contributed by atoms with Gasteiger partial charge in [-0.1, -0.05) is 6.92 Å². The zero-order chi connectivity index (χ0) is 10.6. The maximum atomic E-state index is 5.57. The molecule has 2 N–H and O–H groups in total. The van der Waals surface area contributed by atoms with Gasteiger partial charge in [-0.2, -0.15) is 0 Å². The van der Waals surface area contributed by atoms with E-state index in [1.807, 2.05) is 6.20 Å². The van der Waals surface area contributed by atoms with Crippen LogP contribution < -0.4 is 10.6 Å². The molecule has 0 aliphatic heterocycles. The maximum absolute atomic E-state index is 5.57. The second-order valence-corrected chi connectivity index (χ2v) is 4.45.